The van der Waals surface area contributed by atoms with Crippen LogP contribution in [0, 0.1) is 5.92 Å². The summed E-state index contributed by atoms with van der Waals surface area (Å²) in [7, 11) is 0. The average molecular weight is 475 g/mol. The summed E-state index contributed by atoms with van der Waals surface area (Å²) in [5.74, 6) is -0.748. The molecule has 0 atom stereocenters. The van der Waals surface area contributed by atoms with Crippen LogP contribution in [0.3, 0.4) is 0 Å². The Bertz CT molecular complexity index is 1010. The third kappa shape index (κ3) is 5.31. The zero-order valence-electron chi connectivity index (χ0n) is 17.8. The summed E-state index contributed by atoms with van der Waals surface area (Å²) in [5.41, 5.74) is 7.67. The van der Waals surface area contributed by atoms with E-state index in [2.05, 4.69) is 10.6 Å². The Balaban J connectivity index is 1.46. The van der Waals surface area contributed by atoms with Crippen molar-refractivity contribution in [3.63, 3.8) is 0 Å². The van der Waals surface area contributed by atoms with Crippen LogP contribution in [0.15, 0.2) is 24.3 Å². The van der Waals surface area contributed by atoms with E-state index in [9.17, 15) is 14.4 Å². The van der Waals surface area contributed by atoms with E-state index in [1.807, 2.05) is 4.90 Å². The van der Waals surface area contributed by atoms with E-state index in [1.54, 1.807) is 24.3 Å². The highest BCUT2D eigenvalue weighted by atomic mass is 35.5. The van der Waals surface area contributed by atoms with Crippen LogP contribution in [0.25, 0.3) is 0 Å². The zero-order valence-corrected chi connectivity index (χ0v) is 19.4. The minimum absolute atomic E-state index is 0.110. The molecule has 1 aromatic heterocycles. The van der Waals surface area contributed by atoms with Crippen LogP contribution in [0.2, 0.25) is 5.02 Å². The van der Waals surface area contributed by atoms with Crippen LogP contribution < -0.4 is 16.4 Å². The number of thiophene rings is 1. The lowest BCUT2D eigenvalue weighted by molar-refractivity contribution is -0.123. The number of rotatable bonds is 6. The molecule has 0 saturated carbocycles. The molecule has 32 heavy (non-hydrogen) atoms. The molecule has 4 N–H and O–H groups in total. The second kappa shape index (κ2) is 10.0. The lowest BCUT2D eigenvalue weighted by atomic mass is 9.95. The molecule has 1 saturated heterocycles. The van der Waals surface area contributed by atoms with E-state index in [-0.39, 0.29) is 30.2 Å². The van der Waals surface area contributed by atoms with Crippen molar-refractivity contribution in [2.45, 2.75) is 38.5 Å². The number of hydrogen-bond acceptors (Lipinski definition) is 5. The van der Waals surface area contributed by atoms with Gasteiger partial charge in [-0.05, 0) is 81.4 Å². The second-order valence-electron chi connectivity index (χ2n) is 8.38. The number of anilines is 2. The molecular formula is C23H27ClN4O3S. The molecule has 4 rings (SSSR count). The van der Waals surface area contributed by atoms with Crippen LogP contribution in [0.1, 0.15) is 46.5 Å². The molecule has 2 aromatic rings. The van der Waals surface area contributed by atoms with Gasteiger partial charge in [-0.1, -0.05) is 11.6 Å². The van der Waals surface area contributed by atoms with Gasteiger partial charge in [-0.15, -0.1) is 11.3 Å². The number of nitrogens with zero attached hydrogens (tertiary/aromatic N) is 1. The van der Waals surface area contributed by atoms with Gasteiger partial charge < -0.3 is 16.4 Å². The molecule has 7 nitrogen and oxygen atoms in total. The Morgan fingerprint density at radius 2 is 1.75 bits per heavy atom. The SMILES string of the molecule is NC(=O)C1CCN(CC(=O)Nc2sc3c(c2C(=O)Nc2ccc(Cl)cc2)CCCC3)CC1. The molecular weight excluding hydrogens is 448 g/mol. The number of hydrogen-bond donors (Lipinski definition) is 3. The van der Waals surface area contributed by atoms with Crippen LogP contribution in [-0.4, -0.2) is 42.3 Å². The van der Waals surface area contributed by atoms with Crippen molar-refractivity contribution in [3.8, 4) is 0 Å². The van der Waals surface area contributed by atoms with E-state index < -0.39 is 0 Å². The molecule has 170 valence electrons. The largest absolute Gasteiger partial charge is 0.369 e. The highest BCUT2D eigenvalue weighted by Gasteiger charge is 2.28. The molecule has 2 heterocycles. The number of likely N-dealkylation sites (tertiary alicyclic amines) is 1. The van der Waals surface area contributed by atoms with Gasteiger partial charge in [-0.25, -0.2) is 0 Å². The molecule has 0 radical (unpaired) electrons. The lowest BCUT2D eigenvalue weighted by Crippen LogP contribution is -2.42. The van der Waals surface area contributed by atoms with E-state index in [1.165, 1.54) is 16.2 Å². The third-order valence-electron chi connectivity index (χ3n) is 6.11. The summed E-state index contributed by atoms with van der Waals surface area (Å²) in [5, 5.41) is 7.14. The first-order chi connectivity index (χ1) is 15.4. The first kappa shape index (κ1) is 22.8. The van der Waals surface area contributed by atoms with Crippen LogP contribution in [0.4, 0.5) is 10.7 Å². The summed E-state index contributed by atoms with van der Waals surface area (Å²) in [6.07, 6.45) is 5.24. The molecule has 1 aromatic carbocycles. The van der Waals surface area contributed by atoms with Crippen molar-refractivity contribution in [2.75, 3.05) is 30.3 Å². The summed E-state index contributed by atoms with van der Waals surface area (Å²) < 4.78 is 0. The molecule has 1 aliphatic heterocycles. The second-order valence-corrected chi connectivity index (χ2v) is 9.92. The van der Waals surface area contributed by atoms with Gasteiger partial charge in [-0.3, -0.25) is 19.3 Å². The number of piperidine rings is 1. The summed E-state index contributed by atoms with van der Waals surface area (Å²) in [4.78, 5) is 40.5. The van der Waals surface area contributed by atoms with Crippen molar-refractivity contribution in [2.24, 2.45) is 11.7 Å². The third-order valence-corrected chi connectivity index (χ3v) is 7.57. The van der Waals surface area contributed by atoms with Crippen molar-refractivity contribution in [3.05, 3.63) is 45.3 Å². The van der Waals surface area contributed by atoms with Gasteiger partial charge in [0.15, 0.2) is 0 Å². The quantitative estimate of drug-likeness (QED) is 0.594. The van der Waals surface area contributed by atoms with Crippen LogP contribution in [0.5, 0.6) is 0 Å². The summed E-state index contributed by atoms with van der Waals surface area (Å²) in [6, 6.07) is 6.97. The first-order valence-corrected chi connectivity index (χ1v) is 12.1. The topological polar surface area (TPSA) is 105 Å². The maximum Gasteiger partial charge on any atom is 0.258 e. The molecule has 9 heteroatoms. The number of nitrogens with two attached hydrogens (primary N) is 1. The number of amides is 3. The molecule has 2 aliphatic rings. The molecule has 0 spiro atoms. The number of primary amides is 1. The van der Waals surface area contributed by atoms with Gasteiger partial charge in [0.1, 0.15) is 5.00 Å². The molecule has 1 fully saturated rings. The number of carbonyl (C=O) groups excluding carboxylic acids is 3. The monoisotopic (exact) mass is 474 g/mol. The average Bonchev–Trinajstić information content (AvgIpc) is 3.13. The van der Waals surface area contributed by atoms with Crippen molar-refractivity contribution in [1.29, 1.82) is 0 Å². The predicted molar refractivity (Wildman–Crippen MR) is 127 cm³/mol. The van der Waals surface area contributed by atoms with Gasteiger partial charge in [0, 0.05) is 21.5 Å². The Morgan fingerprint density at radius 1 is 1.06 bits per heavy atom. The highest BCUT2D eigenvalue weighted by molar-refractivity contribution is 7.17. The zero-order chi connectivity index (χ0) is 22.7. The Labute approximate surface area is 196 Å². The van der Waals surface area contributed by atoms with E-state index in [0.29, 0.717) is 47.2 Å². The minimum Gasteiger partial charge on any atom is -0.369 e. The minimum atomic E-state index is -0.269. The number of aryl methyl sites for hydroxylation is 1. The van der Waals surface area contributed by atoms with Crippen LogP contribution >= 0.6 is 22.9 Å². The maximum atomic E-state index is 13.2. The molecule has 0 unspecified atom stereocenters. The van der Waals surface area contributed by atoms with Gasteiger partial charge in [0.25, 0.3) is 5.91 Å². The van der Waals surface area contributed by atoms with Gasteiger partial charge in [0.05, 0.1) is 12.1 Å². The lowest BCUT2D eigenvalue weighted by Gasteiger charge is -2.29. The van der Waals surface area contributed by atoms with E-state index >= 15 is 0 Å². The fourth-order valence-electron chi connectivity index (χ4n) is 4.37. The molecule has 0 bridgehead atoms. The highest BCUT2D eigenvalue weighted by Crippen LogP contribution is 2.38. The normalized spacial score (nSPS) is 16.9. The number of nitrogens with one attached hydrogen (secondary N) is 2. The first-order valence-electron chi connectivity index (χ1n) is 10.9. The van der Waals surface area contributed by atoms with E-state index in [4.69, 9.17) is 17.3 Å². The van der Waals surface area contributed by atoms with Crippen molar-refractivity contribution in [1.82, 2.24) is 4.90 Å². The number of fused-ring (bicyclic) bond motifs is 1. The Hall–Kier alpha value is -2.42. The predicted octanol–water partition coefficient (Wildman–Crippen LogP) is 3.67. The molecule has 1 aliphatic carbocycles. The van der Waals surface area contributed by atoms with Gasteiger partial charge >= 0.3 is 0 Å². The van der Waals surface area contributed by atoms with Crippen molar-refractivity contribution < 1.29 is 14.4 Å². The Morgan fingerprint density at radius 3 is 2.44 bits per heavy atom. The number of halogens is 1. The summed E-state index contributed by atoms with van der Waals surface area (Å²) >= 11 is 7.45. The Kier molecular flexibility index (Phi) is 7.13. The number of carbonyl (C=O) groups is 3. The van der Waals surface area contributed by atoms with Gasteiger partial charge in [0.2, 0.25) is 11.8 Å². The van der Waals surface area contributed by atoms with Crippen LogP contribution in [-0.2, 0) is 22.4 Å². The maximum absolute atomic E-state index is 13.2. The van der Waals surface area contributed by atoms with Crippen molar-refractivity contribution >= 4 is 51.3 Å². The van der Waals surface area contributed by atoms with E-state index in [0.717, 1.165) is 31.2 Å². The molecule has 3 amide bonds. The summed E-state index contributed by atoms with van der Waals surface area (Å²) in [6.45, 7) is 1.55. The standard InChI is InChI=1S/C23H27ClN4O3S/c24-15-5-7-16(8-6-15)26-22(31)20-17-3-1-2-4-18(17)32-23(20)27-19(29)13-28-11-9-14(10-12-28)21(25)30/h5-8,14H,1-4,9-13H2,(H2,25,30)(H,26,31)(H,27,29). The fourth-order valence-corrected chi connectivity index (χ4v) is 5.79. The number of benzene rings is 1. The van der Waals surface area contributed by atoms with Gasteiger partial charge in [-0.2, -0.15) is 0 Å². The fraction of sp³-hybridized carbons (Fsp3) is 0.435. The smallest absolute Gasteiger partial charge is 0.258 e.